The standard InChI is InChI=1S/C17H21N3O/c1-3-18-15-10-11-19-16(12-15)17(21)20(4-2)13-14-8-6-5-7-9-14/h5-12H,3-4,13H2,1-2H3,(H,18,19). The first-order valence-corrected chi connectivity index (χ1v) is 7.27. The first kappa shape index (κ1) is 15.0. The molecule has 4 nitrogen and oxygen atoms in total. The van der Waals surface area contributed by atoms with Crippen LogP contribution in [0.3, 0.4) is 0 Å². The first-order valence-electron chi connectivity index (χ1n) is 7.27. The first-order chi connectivity index (χ1) is 10.2. The Bertz CT molecular complexity index is 584. The number of pyridine rings is 1. The van der Waals surface area contributed by atoms with Gasteiger partial charge < -0.3 is 10.2 Å². The summed E-state index contributed by atoms with van der Waals surface area (Å²) in [5, 5.41) is 3.20. The van der Waals surface area contributed by atoms with Crippen molar-refractivity contribution in [2.75, 3.05) is 18.4 Å². The largest absolute Gasteiger partial charge is 0.385 e. The molecular weight excluding hydrogens is 262 g/mol. The smallest absolute Gasteiger partial charge is 0.272 e. The van der Waals surface area contributed by atoms with E-state index in [9.17, 15) is 4.79 Å². The lowest BCUT2D eigenvalue weighted by Gasteiger charge is -2.20. The van der Waals surface area contributed by atoms with Crippen molar-refractivity contribution < 1.29 is 4.79 Å². The summed E-state index contributed by atoms with van der Waals surface area (Å²) in [5.41, 5.74) is 2.52. The average molecular weight is 283 g/mol. The number of hydrogen-bond acceptors (Lipinski definition) is 3. The number of nitrogens with zero attached hydrogens (tertiary/aromatic N) is 2. The van der Waals surface area contributed by atoms with E-state index in [1.807, 2.05) is 50.2 Å². The van der Waals surface area contributed by atoms with E-state index in [0.29, 0.717) is 18.8 Å². The zero-order valence-electron chi connectivity index (χ0n) is 12.5. The second-order valence-electron chi connectivity index (χ2n) is 4.77. The molecule has 0 saturated carbocycles. The molecule has 0 aliphatic rings. The van der Waals surface area contributed by atoms with E-state index in [-0.39, 0.29) is 5.91 Å². The molecule has 0 unspecified atom stereocenters. The number of carbonyl (C=O) groups excluding carboxylic acids is 1. The number of amides is 1. The van der Waals surface area contributed by atoms with Crippen molar-refractivity contribution in [3.05, 3.63) is 59.9 Å². The maximum Gasteiger partial charge on any atom is 0.272 e. The van der Waals surface area contributed by atoms with E-state index in [1.54, 1.807) is 17.2 Å². The molecule has 0 spiro atoms. The van der Waals surface area contributed by atoms with E-state index >= 15 is 0 Å². The molecule has 1 aromatic heterocycles. The quantitative estimate of drug-likeness (QED) is 0.885. The number of hydrogen-bond donors (Lipinski definition) is 1. The topological polar surface area (TPSA) is 45.2 Å². The normalized spacial score (nSPS) is 10.2. The van der Waals surface area contributed by atoms with Crippen molar-refractivity contribution in [2.24, 2.45) is 0 Å². The van der Waals surface area contributed by atoms with Gasteiger partial charge in [0.1, 0.15) is 5.69 Å². The van der Waals surface area contributed by atoms with Crippen molar-refractivity contribution in [3.8, 4) is 0 Å². The van der Waals surface area contributed by atoms with E-state index in [2.05, 4.69) is 10.3 Å². The SMILES string of the molecule is CCNc1ccnc(C(=O)N(CC)Cc2ccccc2)c1. The Kier molecular flexibility index (Phi) is 5.32. The Balaban J connectivity index is 2.14. The summed E-state index contributed by atoms with van der Waals surface area (Å²) in [6.45, 7) is 6.08. The van der Waals surface area contributed by atoms with Gasteiger partial charge >= 0.3 is 0 Å². The fourth-order valence-corrected chi connectivity index (χ4v) is 2.15. The fraction of sp³-hybridized carbons (Fsp3) is 0.294. The van der Waals surface area contributed by atoms with Crippen LogP contribution in [0.2, 0.25) is 0 Å². The monoisotopic (exact) mass is 283 g/mol. The number of carbonyl (C=O) groups is 1. The molecule has 0 fully saturated rings. The predicted molar refractivity (Wildman–Crippen MR) is 85.3 cm³/mol. The molecule has 4 heteroatoms. The van der Waals surface area contributed by atoms with Crippen LogP contribution in [0.25, 0.3) is 0 Å². The average Bonchev–Trinajstić information content (AvgIpc) is 2.53. The Morgan fingerprint density at radius 2 is 1.95 bits per heavy atom. The van der Waals surface area contributed by atoms with Crippen LogP contribution < -0.4 is 5.32 Å². The minimum Gasteiger partial charge on any atom is -0.385 e. The van der Waals surface area contributed by atoms with Gasteiger partial charge in [0.2, 0.25) is 0 Å². The van der Waals surface area contributed by atoms with Gasteiger partial charge in [-0.25, -0.2) is 0 Å². The molecule has 1 aromatic carbocycles. The molecule has 2 aromatic rings. The molecular formula is C17H21N3O. The Morgan fingerprint density at radius 1 is 1.19 bits per heavy atom. The van der Waals surface area contributed by atoms with Gasteiger partial charge in [-0.1, -0.05) is 30.3 Å². The molecule has 1 N–H and O–H groups in total. The summed E-state index contributed by atoms with van der Waals surface area (Å²) >= 11 is 0. The third-order valence-electron chi connectivity index (χ3n) is 3.25. The second-order valence-corrected chi connectivity index (χ2v) is 4.77. The number of rotatable bonds is 6. The number of nitrogens with one attached hydrogen (secondary N) is 1. The Hall–Kier alpha value is -2.36. The molecule has 0 aliphatic carbocycles. The zero-order chi connectivity index (χ0) is 15.1. The lowest BCUT2D eigenvalue weighted by molar-refractivity contribution is 0.0746. The highest BCUT2D eigenvalue weighted by molar-refractivity contribution is 5.93. The van der Waals surface area contributed by atoms with Crippen LogP contribution >= 0.6 is 0 Å². The summed E-state index contributed by atoms with van der Waals surface area (Å²) in [6.07, 6.45) is 1.67. The summed E-state index contributed by atoms with van der Waals surface area (Å²) in [5.74, 6) is -0.0406. The predicted octanol–water partition coefficient (Wildman–Crippen LogP) is 3.18. The summed E-state index contributed by atoms with van der Waals surface area (Å²) in [7, 11) is 0. The summed E-state index contributed by atoms with van der Waals surface area (Å²) in [6, 6.07) is 13.7. The molecule has 0 bridgehead atoms. The van der Waals surface area contributed by atoms with Gasteiger partial charge in [0, 0.05) is 31.5 Å². The van der Waals surface area contributed by atoms with Crippen molar-refractivity contribution in [3.63, 3.8) is 0 Å². The van der Waals surface area contributed by atoms with Gasteiger partial charge in [0.25, 0.3) is 5.91 Å². The van der Waals surface area contributed by atoms with Crippen LogP contribution in [0.1, 0.15) is 29.9 Å². The molecule has 2 rings (SSSR count). The van der Waals surface area contributed by atoms with Gasteiger partial charge in [-0.2, -0.15) is 0 Å². The zero-order valence-corrected chi connectivity index (χ0v) is 12.5. The van der Waals surface area contributed by atoms with Crippen molar-refractivity contribution >= 4 is 11.6 Å². The molecule has 110 valence electrons. The van der Waals surface area contributed by atoms with E-state index in [4.69, 9.17) is 0 Å². The number of aromatic nitrogens is 1. The van der Waals surface area contributed by atoms with E-state index in [1.165, 1.54) is 0 Å². The molecule has 0 atom stereocenters. The Morgan fingerprint density at radius 3 is 2.62 bits per heavy atom. The third-order valence-corrected chi connectivity index (χ3v) is 3.25. The highest BCUT2D eigenvalue weighted by Gasteiger charge is 2.16. The van der Waals surface area contributed by atoms with Crippen molar-refractivity contribution in [1.82, 2.24) is 9.88 Å². The van der Waals surface area contributed by atoms with Gasteiger partial charge in [-0.3, -0.25) is 9.78 Å². The van der Waals surface area contributed by atoms with Crippen LogP contribution in [0, 0.1) is 0 Å². The van der Waals surface area contributed by atoms with Crippen LogP contribution in [0.4, 0.5) is 5.69 Å². The highest BCUT2D eigenvalue weighted by atomic mass is 16.2. The number of anilines is 1. The van der Waals surface area contributed by atoms with Crippen LogP contribution in [-0.2, 0) is 6.54 Å². The van der Waals surface area contributed by atoms with Gasteiger partial charge in [0.15, 0.2) is 0 Å². The lowest BCUT2D eigenvalue weighted by Crippen LogP contribution is -2.31. The number of benzene rings is 1. The molecule has 1 amide bonds. The van der Waals surface area contributed by atoms with Gasteiger partial charge in [-0.15, -0.1) is 0 Å². The molecule has 0 saturated heterocycles. The molecule has 21 heavy (non-hydrogen) atoms. The van der Waals surface area contributed by atoms with Crippen LogP contribution in [0.15, 0.2) is 48.7 Å². The Labute approximate surface area is 125 Å². The summed E-state index contributed by atoms with van der Waals surface area (Å²) < 4.78 is 0. The molecule has 0 radical (unpaired) electrons. The van der Waals surface area contributed by atoms with E-state index in [0.717, 1.165) is 17.8 Å². The minimum atomic E-state index is -0.0406. The van der Waals surface area contributed by atoms with Crippen LogP contribution in [-0.4, -0.2) is 28.9 Å². The van der Waals surface area contributed by atoms with Gasteiger partial charge in [0.05, 0.1) is 0 Å². The lowest BCUT2D eigenvalue weighted by atomic mass is 10.2. The van der Waals surface area contributed by atoms with Crippen LogP contribution in [0.5, 0.6) is 0 Å². The van der Waals surface area contributed by atoms with Crippen molar-refractivity contribution in [2.45, 2.75) is 20.4 Å². The third kappa shape index (κ3) is 4.05. The van der Waals surface area contributed by atoms with Crippen molar-refractivity contribution in [1.29, 1.82) is 0 Å². The summed E-state index contributed by atoms with van der Waals surface area (Å²) in [4.78, 5) is 18.6. The van der Waals surface area contributed by atoms with Gasteiger partial charge in [-0.05, 0) is 31.5 Å². The molecule has 0 aliphatic heterocycles. The fourth-order valence-electron chi connectivity index (χ4n) is 2.15. The maximum atomic E-state index is 12.6. The maximum absolute atomic E-state index is 12.6. The minimum absolute atomic E-state index is 0.0406. The molecule has 1 heterocycles. The second kappa shape index (κ2) is 7.43. The van der Waals surface area contributed by atoms with E-state index < -0.39 is 0 Å². The highest BCUT2D eigenvalue weighted by Crippen LogP contribution is 2.12.